The molecule has 0 unspecified atom stereocenters. The maximum Gasteiger partial charge on any atom is 0.248 e. The molecule has 0 radical (unpaired) electrons. The summed E-state index contributed by atoms with van der Waals surface area (Å²) in [5.41, 5.74) is 6.15. The first-order valence-corrected chi connectivity index (χ1v) is 7.00. The zero-order valence-corrected chi connectivity index (χ0v) is 10.8. The molecule has 0 aliphatic rings. The standard InChI is InChI=1S/C11H13N3O3S/c1-13(18(2,16)17)14-6-5-8-3-4-9(11(12)15)7-10(8)14/h3-7H,1-2H3,(H2,12,15). The third kappa shape index (κ3) is 2.04. The van der Waals surface area contributed by atoms with E-state index in [0.29, 0.717) is 11.1 Å². The summed E-state index contributed by atoms with van der Waals surface area (Å²) in [4.78, 5) is 11.1. The van der Waals surface area contributed by atoms with E-state index in [-0.39, 0.29) is 0 Å². The monoisotopic (exact) mass is 267 g/mol. The van der Waals surface area contributed by atoms with Crippen LogP contribution in [0.4, 0.5) is 0 Å². The first-order chi connectivity index (χ1) is 8.30. The topological polar surface area (TPSA) is 85.4 Å². The Morgan fingerprint density at radius 3 is 2.56 bits per heavy atom. The molecule has 0 atom stereocenters. The molecule has 1 aromatic carbocycles. The number of rotatable bonds is 3. The van der Waals surface area contributed by atoms with Crippen molar-refractivity contribution in [1.82, 2.24) is 4.68 Å². The number of carbonyl (C=O) groups excluding carboxylic acids is 1. The summed E-state index contributed by atoms with van der Waals surface area (Å²) in [6.07, 6.45) is 2.73. The average Bonchev–Trinajstić information content (AvgIpc) is 2.68. The summed E-state index contributed by atoms with van der Waals surface area (Å²) in [6, 6.07) is 6.67. The number of benzene rings is 1. The Bertz CT molecular complexity index is 718. The Morgan fingerprint density at radius 1 is 1.33 bits per heavy atom. The van der Waals surface area contributed by atoms with Crippen molar-refractivity contribution < 1.29 is 13.2 Å². The molecule has 0 aliphatic heterocycles. The van der Waals surface area contributed by atoms with Crippen LogP contribution in [0, 0.1) is 0 Å². The van der Waals surface area contributed by atoms with Gasteiger partial charge in [-0.15, -0.1) is 0 Å². The summed E-state index contributed by atoms with van der Waals surface area (Å²) in [5, 5.41) is 0.829. The molecule has 2 N–H and O–H groups in total. The fourth-order valence-electron chi connectivity index (χ4n) is 1.67. The number of nitrogens with zero attached hydrogens (tertiary/aromatic N) is 2. The summed E-state index contributed by atoms with van der Waals surface area (Å²) in [7, 11) is -1.93. The largest absolute Gasteiger partial charge is 0.366 e. The lowest BCUT2D eigenvalue weighted by atomic mass is 10.1. The van der Waals surface area contributed by atoms with Crippen LogP contribution in [0.5, 0.6) is 0 Å². The molecular formula is C11H13N3O3S. The molecule has 0 fully saturated rings. The van der Waals surface area contributed by atoms with Crippen LogP contribution in [-0.4, -0.2) is 32.3 Å². The Hall–Kier alpha value is -2.02. The molecule has 1 aromatic heterocycles. The van der Waals surface area contributed by atoms with Gasteiger partial charge in [0, 0.05) is 24.2 Å². The Balaban J connectivity index is 2.66. The van der Waals surface area contributed by atoms with Gasteiger partial charge in [-0.05, 0) is 18.2 Å². The van der Waals surface area contributed by atoms with Crippen LogP contribution in [0.1, 0.15) is 10.4 Å². The van der Waals surface area contributed by atoms with E-state index in [1.165, 1.54) is 11.7 Å². The van der Waals surface area contributed by atoms with E-state index in [1.807, 2.05) is 0 Å². The van der Waals surface area contributed by atoms with Gasteiger partial charge in [0.2, 0.25) is 15.9 Å². The normalized spacial score (nSPS) is 11.7. The van der Waals surface area contributed by atoms with Crippen LogP contribution in [0.3, 0.4) is 0 Å². The number of primary amides is 1. The summed E-state index contributed by atoms with van der Waals surface area (Å²) >= 11 is 0. The molecule has 1 heterocycles. The molecule has 0 bridgehead atoms. The molecule has 0 aliphatic carbocycles. The van der Waals surface area contributed by atoms with Crippen molar-refractivity contribution in [2.24, 2.45) is 5.73 Å². The quantitative estimate of drug-likeness (QED) is 0.866. The van der Waals surface area contributed by atoms with Crippen LogP contribution in [0.2, 0.25) is 0 Å². The minimum absolute atomic E-state index is 0.337. The molecule has 1 amide bonds. The van der Waals surface area contributed by atoms with Gasteiger partial charge in [-0.1, -0.05) is 6.07 Å². The zero-order valence-electron chi connectivity index (χ0n) is 9.99. The summed E-state index contributed by atoms with van der Waals surface area (Å²) in [6.45, 7) is 0. The van der Waals surface area contributed by atoms with Crippen molar-refractivity contribution in [3.8, 4) is 0 Å². The van der Waals surface area contributed by atoms with Crippen molar-refractivity contribution in [2.45, 2.75) is 0 Å². The second kappa shape index (κ2) is 4.02. The number of carbonyl (C=O) groups is 1. The number of sulfonamides is 1. The van der Waals surface area contributed by atoms with Crippen molar-refractivity contribution in [2.75, 3.05) is 17.7 Å². The molecule has 0 saturated heterocycles. The van der Waals surface area contributed by atoms with Crippen LogP contribution < -0.4 is 10.1 Å². The minimum Gasteiger partial charge on any atom is -0.366 e. The smallest absolute Gasteiger partial charge is 0.248 e. The van der Waals surface area contributed by atoms with Crippen LogP contribution >= 0.6 is 0 Å². The van der Waals surface area contributed by atoms with E-state index >= 15 is 0 Å². The van der Waals surface area contributed by atoms with Gasteiger partial charge >= 0.3 is 0 Å². The Labute approximate surface area is 105 Å². The number of fused-ring (bicyclic) bond motifs is 1. The van der Waals surface area contributed by atoms with E-state index in [4.69, 9.17) is 5.73 Å². The van der Waals surface area contributed by atoms with Gasteiger partial charge in [-0.3, -0.25) is 9.47 Å². The van der Waals surface area contributed by atoms with Gasteiger partial charge in [0.05, 0.1) is 11.8 Å². The predicted molar refractivity (Wildman–Crippen MR) is 69.4 cm³/mol. The first-order valence-electron chi connectivity index (χ1n) is 5.16. The molecule has 6 nitrogen and oxygen atoms in total. The van der Waals surface area contributed by atoms with Gasteiger partial charge in [-0.25, -0.2) is 12.8 Å². The number of hydrogen-bond acceptors (Lipinski definition) is 3. The maximum atomic E-state index is 11.5. The van der Waals surface area contributed by atoms with Crippen molar-refractivity contribution >= 4 is 26.8 Å². The lowest BCUT2D eigenvalue weighted by Gasteiger charge is -2.19. The molecule has 96 valence electrons. The molecule has 18 heavy (non-hydrogen) atoms. The van der Waals surface area contributed by atoms with E-state index in [1.54, 1.807) is 30.5 Å². The van der Waals surface area contributed by atoms with E-state index in [0.717, 1.165) is 16.1 Å². The fraction of sp³-hybridized carbons (Fsp3) is 0.182. The highest BCUT2D eigenvalue weighted by Gasteiger charge is 2.14. The molecule has 7 heteroatoms. The second-order valence-corrected chi connectivity index (χ2v) is 5.99. The van der Waals surface area contributed by atoms with Crippen LogP contribution in [-0.2, 0) is 10.0 Å². The minimum atomic E-state index is -3.37. The number of aromatic nitrogens is 1. The lowest BCUT2D eigenvalue weighted by Crippen LogP contribution is -2.34. The molecule has 0 spiro atoms. The summed E-state index contributed by atoms with van der Waals surface area (Å²) < 4.78 is 25.6. The molecule has 2 rings (SSSR count). The highest BCUT2D eigenvalue weighted by molar-refractivity contribution is 7.91. The SMILES string of the molecule is CN(n1ccc2ccc(C(N)=O)cc21)S(C)(=O)=O. The first kappa shape index (κ1) is 12.4. The van der Waals surface area contributed by atoms with Gasteiger partial charge in [0.25, 0.3) is 0 Å². The van der Waals surface area contributed by atoms with Gasteiger partial charge < -0.3 is 5.73 Å². The van der Waals surface area contributed by atoms with Crippen LogP contribution in [0.15, 0.2) is 30.5 Å². The highest BCUT2D eigenvalue weighted by Crippen LogP contribution is 2.18. The summed E-state index contributed by atoms with van der Waals surface area (Å²) in [5.74, 6) is -0.549. The van der Waals surface area contributed by atoms with E-state index < -0.39 is 15.9 Å². The Morgan fingerprint density at radius 2 is 2.00 bits per heavy atom. The van der Waals surface area contributed by atoms with E-state index in [2.05, 4.69) is 0 Å². The molecular weight excluding hydrogens is 254 g/mol. The maximum absolute atomic E-state index is 11.5. The van der Waals surface area contributed by atoms with E-state index in [9.17, 15) is 13.2 Å². The highest BCUT2D eigenvalue weighted by atomic mass is 32.2. The lowest BCUT2D eigenvalue weighted by molar-refractivity contribution is 0.100. The number of hydrogen-bond donors (Lipinski definition) is 1. The molecule has 0 saturated carbocycles. The molecule has 2 aromatic rings. The van der Waals surface area contributed by atoms with Crippen molar-refractivity contribution in [1.29, 1.82) is 0 Å². The van der Waals surface area contributed by atoms with Gasteiger partial charge in [-0.2, -0.15) is 0 Å². The number of amides is 1. The average molecular weight is 267 g/mol. The van der Waals surface area contributed by atoms with Crippen molar-refractivity contribution in [3.63, 3.8) is 0 Å². The fourth-order valence-corrected chi connectivity index (χ4v) is 2.13. The predicted octanol–water partition coefficient (Wildman–Crippen LogP) is 0.268. The van der Waals surface area contributed by atoms with Gasteiger partial charge in [0.1, 0.15) is 0 Å². The third-order valence-electron chi connectivity index (χ3n) is 2.74. The van der Waals surface area contributed by atoms with Crippen molar-refractivity contribution in [3.05, 3.63) is 36.0 Å². The second-order valence-electron chi connectivity index (χ2n) is 4.00. The van der Waals surface area contributed by atoms with Gasteiger partial charge in [0.15, 0.2) is 0 Å². The van der Waals surface area contributed by atoms with Crippen LogP contribution in [0.25, 0.3) is 10.9 Å². The third-order valence-corrected chi connectivity index (χ3v) is 3.88. The number of nitrogens with two attached hydrogens (primary N) is 1. The Kier molecular flexibility index (Phi) is 2.78. The zero-order chi connectivity index (χ0) is 13.5.